The highest BCUT2D eigenvalue weighted by molar-refractivity contribution is 7.99. The van der Waals surface area contributed by atoms with Gasteiger partial charge in [0.1, 0.15) is 4.83 Å². The molecule has 5 rings (SSSR count). The van der Waals surface area contributed by atoms with Crippen LogP contribution in [0.4, 0.5) is 11.4 Å². The van der Waals surface area contributed by atoms with E-state index in [1.54, 1.807) is 22.8 Å². The number of anilines is 1. The number of rotatable bonds is 7. The maximum Gasteiger partial charge on any atom is 0.311 e. The van der Waals surface area contributed by atoms with E-state index in [0.29, 0.717) is 26.6 Å². The van der Waals surface area contributed by atoms with Gasteiger partial charge < -0.3 is 10.1 Å². The fourth-order valence-electron chi connectivity index (χ4n) is 4.72. The summed E-state index contributed by atoms with van der Waals surface area (Å²) < 4.78 is 6.77. The number of nitrogens with one attached hydrogen (secondary N) is 1. The first-order valence-corrected chi connectivity index (χ1v) is 13.9. The molecule has 0 saturated carbocycles. The van der Waals surface area contributed by atoms with Crippen molar-refractivity contribution in [3.63, 3.8) is 0 Å². The molecule has 0 bridgehead atoms. The zero-order valence-electron chi connectivity index (χ0n) is 21.4. The summed E-state index contributed by atoms with van der Waals surface area (Å²) in [5.41, 5.74) is 4.49. The Morgan fingerprint density at radius 1 is 1.21 bits per heavy atom. The van der Waals surface area contributed by atoms with Gasteiger partial charge in [-0.3, -0.25) is 24.3 Å². The van der Waals surface area contributed by atoms with Gasteiger partial charge in [-0.15, -0.1) is 11.3 Å². The zero-order chi connectivity index (χ0) is 27.1. The molecule has 1 aliphatic carbocycles. The summed E-state index contributed by atoms with van der Waals surface area (Å²) in [6.45, 7) is 5.61. The highest BCUT2D eigenvalue weighted by atomic mass is 32.2. The van der Waals surface area contributed by atoms with Crippen LogP contribution in [0, 0.1) is 30.9 Å². The highest BCUT2D eigenvalue weighted by Gasteiger charge is 2.25. The maximum absolute atomic E-state index is 13.9. The number of aryl methyl sites for hydroxylation is 5. The lowest BCUT2D eigenvalue weighted by molar-refractivity contribution is -0.385. The third-order valence-corrected chi connectivity index (χ3v) is 8.77. The van der Waals surface area contributed by atoms with Crippen LogP contribution < -0.4 is 15.6 Å². The Morgan fingerprint density at radius 3 is 2.74 bits per heavy atom. The molecule has 0 unspecified atom stereocenters. The molecule has 38 heavy (non-hydrogen) atoms. The average Bonchev–Trinajstić information content (AvgIpc) is 3.46. The molecule has 196 valence electrons. The van der Waals surface area contributed by atoms with Gasteiger partial charge in [0.15, 0.2) is 10.9 Å². The molecule has 2 aromatic carbocycles. The van der Waals surface area contributed by atoms with Crippen molar-refractivity contribution in [3.05, 3.63) is 77.9 Å². The van der Waals surface area contributed by atoms with Gasteiger partial charge in [0, 0.05) is 22.7 Å². The Balaban J connectivity index is 1.50. The van der Waals surface area contributed by atoms with E-state index in [9.17, 15) is 19.7 Å². The summed E-state index contributed by atoms with van der Waals surface area (Å²) in [5.74, 6) is -0.276. The standard InChI is InChI=1S/C27H26N4O5S2/c1-14-8-9-15(2)19(10-14)30-26(33)24-17-6-5-7-22(17)38-25(24)29-27(30)37-13-23(32)28-18-12-21(36-4)20(31(34)35)11-16(18)3/h8-12H,5-7,13H2,1-4H3,(H,28,32). The zero-order valence-corrected chi connectivity index (χ0v) is 23.0. The number of nitro benzene ring substituents is 1. The lowest BCUT2D eigenvalue weighted by atomic mass is 10.1. The summed E-state index contributed by atoms with van der Waals surface area (Å²) in [6, 6.07) is 8.75. The van der Waals surface area contributed by atoms with Crippen molar-refractivity contribution >= 4 is 50.6 Å². The van der Waals surface area contributed by atoms with E-state index in [4.69, 9.17) is 9.72 Å². The SMILES string of the molecule is COc1cc(NC(=O)CSc2nc3sc4c(c3c(=O)n2-c2cc(C)ccc2C)CCC4)c(C)cc1[N+](=O)[O-]. The minimum absolute atomic E-state index is 0.00730. The van der Waals surface area contributed by atoms with Gasteiger partial charge in [-0.1, -0.05) is 23.9 Å². The molecular weight excluding hydrogens is 524 g/mol. The molecule has 0 radical (unpaired) electrons. The van der Waals surface area contributed by atoms with Crippen LogP contribution in [-0.4, -0.2) is 33.2 Å². The molecule has 0 spiro atoms. The molecule has 0 atom stereocenters. The number of ether oxygens (including phenoxy) is 1. The molecule has 0 saturated heterocycles. The third kappa shape index (κ3) is 4.67. The summed E-state index contributed by atoms with van der Waals surface area (Å²) in [6.07, 6.45) is 2.89. The minimum Gasteiger partial charge on any atom is -0.490 e. The summed E-state index contributed by atoms with van der Waals surface area (Å²) in [5, 5.41) is 15.2. The number of aromatic nitrogens is 2. The number of thioether (sulfide) groups is 1. The van der Waals surface area contributed by atoms with Crippen LogP contribution in [0.15, 0.2) is 40.3 Å². The number of nitro groups is 1. The quantitative estimate of drug-likeness (QED) is 0.140. The smallest absolute Gasteiger partial charge is 0.311 e. The first-order chi connectivity index (χ1) is 18.2. The Hall–Kier alpha value is -3.70. The molecular formula is C27H26N4O5S2. The number of amides is 1. The van der Waals surface area contributed by atoms with Gasteiger partial charge in [-0.25, -0.2) is 4.98 Å². The Morgan fingerprint density at radius 2 is 2.00 bits per heavy atom. The van der Waals surface area contributed by atoms with E-state index in [-0.39, 0.29) is 28.7 Å². The van der Waals surface area contributed by atoms with Crippen LogP contribution >= 0.6 is 23.1 Å². The first kappa shape index (κ1) is 25.9. The van der Waals surface area contributed by atoms with E-state index in [2.05, 4.69) is 5.32 Å². The van der Waals surface area contributed by atoms with Gasteiger partial charge >= 0.3 is 5.69 Å². The van der Waals surface area contributed by atoms with Crippen LogP contribution in [0.1, 0.15) is 33.6 Å². The second-order valence-electron chi connectivity index (χ2n) is 9.30. The van der Waals surface area contributed by atoms with Crippen LogP contribution in [0.2, 0.25) is 0 Å². The van der Waals surface area contributed by atoms with E-state index >= 15 is 0 Å². The normalized spacial score (nSPS) is 12.5. The van der Waals surface area contributed by atoms with Gasteiger partial charge in [-0.05, 0) is 68.4 Å². The Bertz CT molecular complexity index is 1670. The molecule has 9 nitrogen and oxygen atoms in total. The molecule has 1 aliphatic rings. The molecule has 4 aromatic rings. The number of nitrogens with zero attached hydrogens (tertiary/aromatic N) is 3. The number of carbonyl (C=O) groups excluding carboxylic acids is 1. The van der Waals surface area contributed by atoms with Crippen LogP contribution in [0.25, 0.3) is 15.9 Å². The van der Waals surface area contributed by atoms with Gasteiger partial charge in [-0.2, -0.15) is 0 Å². The monoisotopic (exact) mass is 550 g/mol. The largest absolute Gasteiger partial charge is 0.490 e. The molecule has 0 aliphatic heterocycles. The van der Waals surface area contributed by atoms with E-state index in [1.807, 2.05) is 32.0 Å². The van der Waals surface area contributed by atoms with Crippen molar-refractivity contribution in [1.29, 1.82) is 0 Å². The molecule has 1 amide bonds. The van der Waals surface area contributed by atoms with Gasteiger partial charge in [0.25, 0.3) is 5.56 Å². The number of benzene rings is 2. The molecule has 2 aromatic heterocycles. The Kier molecular flexibility index (Phi) is 6.97. The van der Waals surface area contributed by atoms with Gasteiger partial charge in [0.05, 0.1) is 28.9 Å². The van der Waals surface area contributed by atoms with Crippen LogP contribution in [0.3, 0.4) is 0 Å². The van der Waals surface area contributed by atoms with E-state index in [0.717, 1.165) is 41.6 Å². The van der Waals surface area contributed by atoms with Crippen LogP contribution in [-0.2, 0) is 17.6 Å². The van der Waals surface area contributed by atoms with Crippen LogP contribution in [0.5, 0.6) is 5.75 Å². The fourth-order valence-corrected chi connectivity index (χ4v) is 6.83. The number of thiophene rings is 1. The molecule has 11 heteroatoms. The van der Waals surface area contributed by atoms with Gasteiger partial charge in [0.2, 0.25) is 5.91 Å². The predicted octanol–water partition coefficient (Wildman–Crippen LogP) is 5.51. The number of hydrogen-bond acceptors (Lipinski definition) is 8. The lowest BCUT2D eigenvalue weighted by Gasteiger charge is -2.15. The maximum atomic E-state index is 13.9. The highest BCUT2D eigenvalue weighted by Crippen LogP contribution is 2.37. The van der Waals surface area contributed by atoms with E-state index in [1.165, 1.54) is 35.9 Å². The molecule has 0 fully saturated rings. The molecule has 1 N–H and O–H groups in total. The predicted molar refractivity (Wildman–Crippen MR) is 150 cm³/mol. The lowest BCUT2D eigenvalue weighted by Crippen LogP contribution is -2.23. The van der Waals surface area contributed by atoms with Crippen molar-refractivity contribution in [3.8, 4) is 11.4 Å². The van der Waals surface area contributed by atoms with Crippen molar-refractivity contribution in [2.45, 2.75) is 45.2 Å². The number of methoxy groups -OCH3 is 1. The topological polar surface area (TPSA) is 116 Å². The van der Waals surface area contributed by atoms with Crippen molar-refractivity contribution in [2.24, 2.45) is 0 Å². The van der Waals surface area contributed by atoms with E-state index < -0.39 is 4.92 Å². The number of carbonyl (C=O) groups is 1. The number of hydrogen-bond donors (Lipinski definition) is 1. The van der Waals surface area contributed by atoms with Crippen molar-refractivity contribution in [2.75, 3.05) is 18.2 Å². The summed E-state index contributed by atoms with van der Waals surface area (Å²) in [4.78, 5) is 44.4. The second kappa shape index (κ2) is 10.2. The summed E-state index contributed by atoms with van der Waals surface area (Å²) >= 11 is 2.75. The minimum atomic E-state index is -0.526. The fraction of sp³-hybridized carbons (Fsp3) is 0.296. The average molecular weight is 551 g/mol. The van der Waals surface area contributed by atoms with Crippen molar-refractivity contribution in [1.82, 2.24) is 9.55 Å². The Labute approximate surface area is 227 Å². The third-order valence-electron chi connectivity index (χ3n) is 6.64. The number of fused-ring (bicyclic) bond motifs is 3. The second-order valence-corrected chi connectivity index (χ2v) is 11.3. The van der Waals surface area contributed by atoms with Crippen molar-refractivity contribution < 1.29 is 14.5 Å². The molecule has 2 heterocycles. The summed E-state index contributed by atoms with van der Waals surface area (Å²) in [7, 11) is 1.34. The first-order valence-electron chi connectivity index (χ1n) is 12.1.